The molecule has 1 atom stereocenters. The highest BCUT2D eigenvalue weighted by atomic mass is 32.2. The van der Waals surface area contributed by atoms with Crippen LogP contribution in [0.3, 0.4) is 0 Å². The van der Waals surface area contributed by atoms with Crippen LogP contribution < -0.4 is 9.64 Å². The maximum Gasteiger partial charge on any atom is 0.260 e. The van der Waals surface area contributed by atoms with Gasteiger partial charge in [0.25, 0.3) is 5.91 Å². The zero-order valence-electron chi connectivity index (χ0n) is 22.0. The number of hydrogen-bond donors (Lipinski definition) is 0. The van der Waals surface area contributed by atoms with E-state index in [1.54, 1.807) is 40.6 Å². The fraction of sp³-hybridized carbons (Fsp3) is 0.481. The van der Waals surface area contributed by atoms with Crippen LogP contribution in [-0.4, -0.2) is 75.4 Å². The Hall–Kier alpha value is -2.53. The number of benzene rings is 2. The first-order valence-corrected chi connectivity index (χ1v) is 15.0. The average Bonchev–Trinajstić information content (AvgIpc) is 3.34. The van der Waals surface area contributed by atoms with Gasteiger partial charge in [0.15, 0.2) is 5.13 Å². The highest BCUT2D eigenvalue weighted by Crippen LogP contribution is 2.35. The van der Waals surface area contributed by atoms with Crippen molar-refractivity contribution >= 4 is 42.6 Å². The number of nitrogens with zero attached hydrogens (tertiary/aromatic N) is 4. The normalized spacial score (nSPS) is 16.8. The largest absolute Gasteiger partial charge is 0.494 e. The van der Waals surface area contributed by atoms with Gasteiger partial charge in [-0.1, -0.05) is 30.7 Å². The van der Waals surface area contributed by atoms with E-state index in [-0.39, 0.29) is 16.8 Å². The first kappa shape index (κ1) is 27.5. The molecule has 37 heavy (non-hydrogen) atoms. The Morgan fingerprint density at radius 3 is 2.57 bits per heavy atom. The molecule has 3 aromatic rings. The number of thiazole rings is 1. The van der Waals surface area contributed by atoms with Crippen molar-refractivity contribution in [2.24, 2.45) is 0 Å². The number of anilines is 1. The third-order valence-corrected chi connectivity index (χ3v) is 9.82. The van der Waals surface area contributed by atoms with Gasteiger partial charge in [-0.05, 0) is 82.7 Å². The van der Waals surface area contributed by atoms with Crippen molar-refractivity contribution in [2.45, 2.75) is 50.0 Å². The second-order valence-corrected chi connectivity index (χ2v) is 12.5. The van der Waals surface area contributed by atoms with E-state index in [1.165, 1.54) is 11.3 Å². The summed E-state index contributed by atoms with van der Waals surface area (Å²) >= 11 is 1.44. The van der Waals surface area contributed by atoms with Gasteiger partial charge in [0, 0.05) is 24.7 Å². The molecule has 0 N–H and O–H groups in total. The number of aromatic nitrogens is 1. The van der Waals surface area contributed by atoms with Gasteiger partial charge in [-0.25, -0.2) is 13.4 Å². The number of sulfonamides is 1. The summed E-state index contributed by atoms with van der Waals surface area (Å²) in [6, 6.07) is 12.1. The second-order valence-electron chi connectivity index (χ2n) is 9.62. The lowest BCUT2D eigenvalue weighted by Crippen LogP contribution is -2.43. The lowest BCUT2D eigenvalue weighted by molar-refractivity contribution is 0.0986. The number of fused-ring (bicyclic) bond motifs is 1. The highest BCUT2D eigenvalue weighted by molar-refractivity contribution is 7.89. The van der Waals surface area contributed by atoms with Gasteiger partial charge in [-0.15, -0.1) is 0 Å². The quantitative estimate of drug-likeness (QED) is 0.363. The lowest BCUT2D eigenvalue weighted by Gasteiger charge is -2.34. The third-order valence-electron chi connectivity index (χ3n) is 6.81. The minimum atomic E-state index is -3.61. The SMILES string of the molecule is CCC1CCCCN1S(=O)(=O)c1ccc(C(=O)N(CCCN(C)C)c2nc3c(OC)cccc3s2)cc1. The third kappa shape index (κ3) is 5.98. The van der Waals surface area contributed by atoms with Gasteiger partial charge in [0.2, 0.25) is 10.0 Å². The molecule has 0 radical (unpaired) electrons. The summed E-state index contributed by atoms with van der Waals surface area (Å²) < 4.78 is 34.8. The van der Waals surface area contributed by atoms with Gasteiger partial charge >= 0.3 is 0 Å². The fourth-order valence-electron chi connectivity index (χ4n) is 4.78. The number of hydrogen-bond acceptors (Lipinski definition) is 7. The first-order valence-electron chi connectivity index (χ1n) is 12.8. The van der Waals surface area contributed by atoms with Crippen LogP contribution in [-0.2, 0) is 10.0 Å². The average molecular weight is 545 g/mol. The molecule has 8 nitrogen and oxygen atoms in total. The molecule has 1 aliphatic heterocycles. The molecular formula is C27H36N4O4S2. The van der Waals surface area contributed by atoms with Crippen molar-refractivity contribution in [3.8, 4) is 5.75 Å². The van der Waals surface area contributed by atoms with E-state index >= 15 is 0 Å². The lowest BCUT2D eigenvalue weighted by atomic mass is 10.0. The van der Waals surface area contributed by atoms with Crippen molar-refractivity contribution in [1.29, 1.82) is 0 Å². The van der Waals surface area contributed by atoms with Crippen molar-refractivity contribution in [2.75, 3.05) is 45.7 Å². The van der Waals surface area contributed by atoms with Crippen LogP contribution in [0.5, 0.6) is 5.75 Å². The Kier molecular flexibility index (Phi) is 8.84. The Morgan fingerprint density at radius 1 is 1.14 bits per heavy atom. The van der Waals surface area contributed by atoms with Gasteiger partial charge in [-0.2, -0.15) is 4.31 Å². The number of para-hydroxylation sites is 1. The Morgan fingerprint density at radius 2 is 1.89 bits per heavy atom. The van der Waals surface area contributed by atoms with Crippen LogP contribution in [0, 0.1) is 0 Å². The smallest absolute Gasteiger partial charge is 0.260 e. The number of carbonyl (C=O) groups excluding carboxylic acids is 1. The molecule has 0 aliphatic carbocycles. The molecule has 2 heterocycles. The van der Waals surface area contributed by atoms with Crippen molar-refractivity contribution in [1.82, 2.24) is 14.2 Å². The maximum atomic E-state index is 13.7. The molecule has 1 amide bonds. The summed E-state index contributed by atoms with van der Waals surface area (Å²) in [5.41, 5.74) is 1.16. The van der Waals surface area contributed by atoms with E-state index in [2.05, 4.69) is 4.90 Å². The molecule has 200 valence electrons. The fourth-order valence-corrected chi connectivity index (χ4v) is 7.55. The predicted molar refractivity (Wildman–Crippen MR) is 149 cm³/mol. The van der Waals surface area contributed by atoms with Crippen LogP contribution in [0.2, 0.25) is 0 Å². The van der Waals surface area contributed by atoms with Gasteiger partial charge in [0.05, 0.1) is 16.7 Å². The Labute approximate surface area is 223 Å². The van der Waals surface area contributed by atoms with E-state index in [0.29, 0.717) is 29.5 Å². The molecule has 1 fully saturated rings. The van der Waals surface area contributed by atoms with E-state index in [4.69, 9.17) is 9.72 Å². The number of amides is 1. The summed E-state index contributed by atoms with van der Waals surface area (Å²) in [6.45, 7) is 3.89. The molecule has 1 aliphatic rings. The molecule has 2 aromatic carbocycles. The molecule has 1 aromatic heterocycles. The number of carbonyl (C=O) groups is 1. The minimum absolute atomic E-state index is 0.0308. The van der Waals surface area contributed by atoms with Crippen molar-refractivity contribution < 1.29 is 17.9 Å². The van der Waals surface area contributed by atoms with Crippen LogP contribution in [0.25, 0.3) is 10.2 Å². The first-order chi connectivity index (χ1) is 17.8. The highest BCUT2D eigenvalue weighted by Gasteiger charge is 2.32. The monoisotopic (exact) mass is 544 g/mol. The summed E-state index contributed by atoms with van der Waals surface area (Å²) in [5.74, 6) is 0.462. The van der Waals surface area contributed by atoms with Gasteiger partial charge < -0.3 is 9.64 Å². The summed E-state index contributed by atoms with van der Waals surface area (Å²) in [5, 5.41) is 0.596. The van der Waals surface area contributed by atoms with Gasteiger partial charge in [0.1, 0.15) is 11.3 Å². The number of rotatable bonds is 10. The van der Waals surface area contributed by atoms with Gasteiger partial charge in [-0.3, -0.25) is 9.69 Å². The number of piperidine rings is 1. The van der Waals surface area contributed by atoms with Crippen LogP contribution in [0.4, 0.5) is 5.13 Å². The Bertz CT molecular complexity index is 1320. The molecular weight excluding hydrogens is 508 g/mol. The molecule has 1 unspecified atom stereocenters. The molecule has 0 saturated carbocycles. The second kappa shape index (κ2) is 11.9. The van der Waals surface area contributed by atoms with Crippen LogP contribution >= 0.6 is 11.3 Å². The summed E-state index contributed by atoms with van der Waals surface area (Å²) in [6.07, 6.45) is 4.39. The van der Waals surface area contributed by atoms with Crippen LogP contribution in [0.1, 0.15) is 49.4 Å². The maximum absolute atomic E-state index is 13.7. The molecule has 1 saturated heterocycles. The molecule has 0 spiro atoms. The Balaban J connectivity index is 1.62. The van der Waals surface area contributed by atoms with E-state index < -0.39 is 10.0 Å². The zero-order valence-corrected chi connectivity index (χ0v) is 23.6. The number of ether oxygens (including phenoxy) is 1. The topological polar surface area (TPSA) is 83.1 Å². The predicted octanol–water partition coefficient (Wildman–Crippen LogP) is 4.86. The van der Waals surface area contributed by atoms with E-state index in [9.17, 15) is 13.2 Å². The van der Waals surface area contributed by atoms with Crippen molar-refractivity contribution in [3.63, 3.8) is 0 Å². The van der Waals surface area contributed by atoms with Crippen molar-refractivity contribution in [3.05, 3.63) is 48.0 Å². The van der Waals surface area contributed by atoms with E-state index in [1.807, 2.05) is 39.2 Å². The minimum Gasteiger partial charge on any atom is -0.494 e. The van der Waals surface area contributed by atoms with E-state index in [0.717, 1.165) is 48.9 Å². The van der Waals surface area contributed by atoms with Crippen LogP contribution in [0.15, 0.2) is 47.4 Å². The summed E-state index contributed by atoms with van der Waals surface area (Å²) in [7, 11) is 2.00. The zero-order chi connectivity index (χ0) is 26.6. The standard InChI is InChI=1S/C27H36N4O4S2/c1-5-21-10-6-7-19-31(21)37(33,34)22-15-13-20(14-16-22)26(32)30(18-9-17-29(2)3)27-28-25-23(35-4)11-8-12-24(25)36-27/h8,11-16,21H,5-7,9-10,17-19H2,1-4H3. The number of methoxy groups -OCH3 is 1. The molecule has 10 heteroatoms. The summed E-state index contributed by atoms with van der Waals surface area (Å²) in [4.78, 5) is 22.4. The molecule has 4 rings (SSSR count). The molecule has 0 bridgehead atoms.